The molecule has 1 saturated heterocycles. The highest BCUT2D eigenvalue weighted by Crippen LogP contribution is 2.34. The van der Waals surface area contributed by atoms with Crippen molar-refractivity contribution in [1.82, 2.24) is 10.6 Å². The fourth-order valence-electron chi connectivity index (χ4n) is 3.12. The van der Waals surface area contributed by atoms with Gasteiger partial charge < -0.3 is 15.7 Å². The van der Waals surface area contributed by atoms with Crippen LogP contribution in [0.25, 0.3) is 0 Å². The van der Waals surface area contributed by atoms with Crippen LogP contribution >= 0.6 is 12.4 Å². The number of aliphatic hydroxyl groups excluding tert-OH is 1. The minimum atomic E-state index is -0.454. The number of nitrogens with one attached hydrogen (secondary N) is 2. The largest absolute Gasteiger partial charge is 0.396 e. The lowest BCUT2D eigenvalue weighted by Crippen LogP contribution is -2.52. The van der Waals surface area contributed by atoms with Gasteiger partial charge in [-0.1, -0.05) is 44.2 Å². The normalized spacial score (nSPS) is 22.3. The molecule has 1 heterocycles. The molecule has 5 heteroatoms. The predicted octanol–water partition coefficient (Wildman–Crippen LogP) is 2.47. The summed E-state index contributed by atoms with van der Waals surface area (Å²) >= 11 is 0. The molecule has 1 amide bonds. The summed E-state index contributed by atoms with van der Waals surface area (Å²) < 4.78 is 0. The number of aliphatic hydroxyl groups is 1. The van der Waals surface area contributed by atoms with E-state index in [1.807, 2.05) is 39.0 Å². The molecule has 0 aromatic heterocycles. The summed E-state index contributed by atoms with van der Waals surface area (Å²) in [5.41, 5.74) is 0.398. The van der Waals surface area contributed by atoms with Crippen LogP contribution in [0.2, 0.25) is 0 Å². The number of halogens is 1. The van der Waals surface area contributed by atoms with E-state index in [4.69, 9.17) is 0 Å². The zero-order valence-electron chi connectivity index (χ0n) is 14.3. The van der Waals surface area contributed by atoms with Crippen molar-refractivity contribution in [3.8, 4) is 0 Å². The summed E-state index contributed by atoms with van der Waals surface area (Å²) in [5, 5.41) is 16.1. The van der Waals surface area contributed by atoms with Crippen molar-refractivity contribution in [2.75, 3.05) is 19.7 Å². The fraction of sp³-hybridized carbons (Fsp3) is 0.611. The van der Waals surface area contributed by atoms with E-state index in [0.29, 0.717) is 6.54 Å². The fourth-order valence-corrected chi connectivity index (χ4v) is 3.12. The highest BCUT2D eigenvalue weighted by atomic mass is 35.5. The minimum absolute atomic E-state index is 0. The van der Waals surface area contributed by atoms with E-state index in [2.05, 4.69) is 22.8 Å². The molecule has 23 heavy (non-hydrogen) atoms. The van der Waals surface area contributed by atoms with Crippen LogP contribution in [0.1, 0.15) is 45.1 Å². The van der Waals surface area contributed by atoms with E-state index in [0.717, 1.165) is 24.9 Å². The van der Waals surface area contributed by atoms with Crippen molar-refractivity contribution in [1.29, 1.82) is 0 Å². The lowest BCUT2D eigenvalue weighted by atomic mass is 9.75. The van der Waals surface area contributed by atoms with Gasteiger partial charge in [0.25, 0.3) is 0 Å². The second kappa shape index (κ2) is 8.13. The summed E-state index contributed by atoms with van der Waals surface area (Å²) in [6.45, 7) is 7.54. The van der Waals surface area contributed by atoms with Crippen LogP contribution in [0.4, 0.5) is 0 Å². The van der Waals surface area contributed by atoms with E-state index in [-0.39, 0.29) is 36.3 Å². The highest BCUT2D eigenvalue weighted by Gasteiger charge is 2.37. The Bertz CT molecular complexity index is 499. The number of amides is 1. The first-order valence-corrected chi connectivity index (χ1v) is 8.08. The van der Waals surface area contributed by atoms with Gasteiger partial charge in [-0.05, 0) is 37.3 Å². The van der Waals surface area contributed by atoms with Gasteiger partial charge in [-0.25, -0.2) is 0 Å². The number of rotatable bonds is 6. The van der Waals surface area contributed by atoms with Gasteiger partial charge in [0, 0.05) is 19.1 Å². The van der Waals surface area contributed by atoms with Gasteiger partial charge in [0.15, 0.2) is 0 Å². The molecule has 2 unspecified atom stereocenters. The number of carbonyl (C=O) groups is 1. The number of hydrogen-bond donors (Lipinski definition) is 3. The average Bonchev–Trinajstić information content (AvgIpc) is 2.96. The van der Waals surface area contributed by atoms with E-state index in [1.165, 1.54) is 0 Å². The summed E-state index contributed by atoms with van der Waals surface area (Å²) in [7, 11) is 0. The Morgan fingerprint density at radius 2 is 2.04 bits per heavy atom. The molecular formula is C18H29ClN2O2. The number of hydrogen-bond acceptors (Lipinski definition) is 3. The molecule has 130 valence electrons. The van der Waals surface area contributed by atoms with Gasteiger partial charge in [0.2, 0.25) is 5.91 Å². The molecule has 0 radical (unpaired) electrons. The lowest BCUT2D eigenvalue weighted by molar-refractivity contribution is -0.126. The van der Waals surface area contributed by atoms with Gasteiger partial charge in [-0.2, -0.15) is 0 Å². The summed E-state index contributed by atoms with van der Waals surface area (Å²) in [5.74, 6) is 0.132. The van der Waals surface area contributed by atoms with Gasteiger partial charge >= 0.3 is 0 Å². The molecule has 0 bridgehead atoms. The van der Waals surface area contributed by atoms with E-state index >= 15 is 0 Å². The zero-order chi connectivity index (χ0) is 16.2. The van der Waals surface area contributed by atoms with Crippen LogP contribution in [0.15, 0.2) is 30.3 Å². The van der Waals surface area contributed by atoms with E-state index in [1.54, 1.807) is 0 Å². The third-order valence-corrected chi connectivity index (χ3v) is 4.89. The Morgan fingerprint density at radius 1 is 1.39 bits per heavy atom. The third kappa shape index (κ3) is 4.69. The SMILES string of the molecule is CC1(C(=O)NCC(c2ccccc2)C(C)(C)CO)CCCN1.Cl. The Balaban J connectivity index is 0.00000264. The summed E-state index contributed by atoms with van der Waals surface area (Å²) in [4.78, 5) is 12.5. The monoisotopic (exact) mass is 340 g/mol. The summed E-state index contributed by atoms with van der Waals surface area (Å²) in [6.07, 6.45) is 1.91. The maximum atomic E-state index is 12.5. The minimum Gasteiger partial charge on any atom is -0.396 e. The molecule has 0 aliphatic carbocycles. The molecule has 1 aliphatic heterocycles. The Kier molecular flexibility index (Phi) is 7.05. The van der Waals surface area contributed by atoms with Crippen LogP contribution in [0.5, 0.6) is 0 Å². The van der Waals surface area contributed by atoms with Crippen LogP contribution in [-0.2, 0) is 4.79 Å². The predicted molar refractivity (Wildman–Crippen MR) is 95.9 cm³/mol. The Morgan fingerprint density at radius 3 is 2.57 bits per heavy atom. The zero-order valence-corrected chi connectivity index (χ0v) is 15.1. The molecule has 1 aliphatic rings. The van der Waals surface area contributed by atoms with Crippen molar-refractivity contribution < 1.29 is 9.90 Å². The number of carbonyl (C=O) groups excluding carboxylic acids is 1. The molecule has 3 N–H and O–H groups in total. The van der Waals surface area contributed by atoms with Crippen molar-refractivity contribution in [3.63, 3.8) is 0 Å². The third-order valence-electron chi connectivity index (χ3n) is 4.89. The summed E-state index contributed by atoms with van der Waals surface area (Å²) in [6, 6.07) is 10.1. The first kappa shape index (κ1) is 19.9. The van der Waals surface area contributed by atoms with Crippen LogP contribution in [-0.4, -0.2) is 36.2 Å². The maximum absolute atomic E-state index is 12.5. The Hall–Kier alpha value is -1.10. The van der Waals surface area contributed by atoms with E-state index in [9.17, 15) is 9.90 Å². The van der Waals surface area contributed by atoms with Gasteiger partial charge in [0.05, 0.1) is 5.54 Å². The van der Waals surface area contributed by atoms with Crippen LogP contribution in [0.3, 0.4) is 0 Å². The molecule has 1 aromatic carbocycles. The Labute approximate surface area is 145 Å². The molecule has 1 fully saturated rings. The topological polar surface area (TPSA) is 61.4 Å². The first-order chi connectivity index (χ1) is 10.4. The highest BCUT2D eigenvalue weighted by molar-refractivity contribution is 5.86. The van der Waals surface area contributed by atoms with E-state index < -0.39 is 5.54 Å². The van der Waals surface area contributed by atoms with Gasteiger partial charge in [-0.15, -0.1) is 12.4 Å². The van der Waals surface area contributed by atoms with Crippen LogP contribution < -0.4 is 10.6 Å². The maximum Gasteiger partial charge on any atom is 0.240 e. The van der Waals surface area contributed by atoms with Gasteiger partial charge in [0.1, 0.15) is 0 Å². The molecular weight excluding hydrogens is 312 g/mol. The molecule has 2 atom stereocenters. The van der Waals surface area contributed by atoms with Crippen LogP contribution in [0, 0.1) is 5.41 Å². The van der Waals surface area contributed by atoms with Gasteiger partial charge in [-0.3, -0.25) is 4.79 Å². The quantitative estimate of drug-likeness (QED) is 0.745. The molecule has 4 nitrogen and oxygen atoms in total. The molecule has 0 saturated carbocycles. The smallest absolute Gasteiger partial charge is 0.240 e. The lowest BCUT2D eigenvalue weighted by Gasteiger charge is -2.34. The first-order valence-electron chi connectivity index (χ1n) is 8.08. The standard InChI is InChI=1S/C18H28N2O2.ClH/c1-17(2,13-21)15(14-8-5-4-6-9-14)12-19-16(22)18(3)10-7-11-20-18;/h4-6,8-9,15,20-21H,7,10-13H2,1-3H3,(H,19,22);1H. The number of benzene rings is 1. The molecule has 0 spiro atoms. The molecule has 2 rings (SSSR count). The molecule has 1 aromatic rings. The second-order valence-corrected chi connectivity index (χ2v) is 7.18. The van der Waals surface area contributed by atoms with Crippen molar-refractivity contribution >= 4 is 18.3 Å². The van der Waals surface area contributed by atoms with Crippen molar-refractivity contribution in [2.24, 2.45) is 5.41 Å². The average molecular weight is 341 g/mol. The van der Waals surface area contributed by atoms with Crippen molar-refractivity contribution in [2.45, 2.75) is 45.1 Å². The second-order valence-electron chi connectivity index (χ2n) is 7.18. The van der Waals surface area contributed by atoms with Crippen molar-refractivity contribution in [3.05, 3.63) is 35.9 Å².